The Kier molecular flexibility index (Phi) is 3.46. The lowest BCUT2D eigenvalue weighted by molar-refractivity contribution is -0.104. The van der Waals surface area contributed by atoms with Crippen LogP contribution in [0.3, 0.4) is 0 Å². The molecule has 1 aromatic heterocycles. The molecule has 0 atom stereocenters. The summed E-state index contributed by atoms with van der Waals surface area (Å²) in [5.41, 5.74) is 0.610. The molecule has 1 aromatic rings. The summed E-state index contributed by atoms with van der Waals surface area (Å²) < 4.78 is 4.96. The zero-order valence-corrected chi connectivity index (χ0v) is 7.78. The van der Waals surface area contributed by atoms with Gasteiger partial charge in [-0.15, -0.1) is 0 Å². The molecule has 0 aromatic carbocycles. The number of carbonyl (C=O) groups excluding carboxylic acids is 1. The van der Waals surface area contributed by atoms with Crippen molar-refractivity contribution in [2.24, 2.45) is 0 Å². The van der Waals surface area contributed by atoms with E-state index in [4.69, 9.17) is 16.3 Å². The van der Waals surface area contributed by atoms with Gasteiger partial charge in [0.2, 0.25) is 5.88 Å². The maximum Gasteiger partial charge on any atom is 0.221 e. The van der Waals surface area contributed by atoms with E-state index < -0.39 is 0 Å². The van der Waals surface area contributed by atoms with Crippen molar-refractivity contribution >= 4 is 24.0 Å². The number of halogens is 1. The van der Waals surface area contributed by atoms with Gasteiger partial charge in [0.25, 0.3) is 0 Å². The van der Waals surface area contributed by atoms with Crippen LogP contribution in [0.4, 0.5) is 0 Å². The van der Waals surface area contributed by atoms with Crippen LogP contribution in [0, 0.1) is 0 Å². The summed E-state index contributed by atoms with van der Waals surface area (Å²) in [6, 6.07) is 1.63. The largest absolute Gasteiger partial charge is 0.481 e. The van der Waals surface area contributed by atoms with E-state index in [0.29, 0.717) is 22.8 Å². The molecule has 0 aliphatic heterocycles. The Bertz CT molecular complexity index is 336. The highest BCUT2D eigenvalue weighted by atomic mass is 35.5. The van der Waals surface area contributed by atoms with Gasteiger partial charge in [0.05, 0.1) is 17.7 Å². The van der Waals surface area contributed by atoms with Crippen LogP contribution in [0.5, 0.6) is 5.88 Å². The van der Waals surface area contributed by atoms with Crippen molar-refractivity contribution in [3.8, 4) is 5.88 Å². The summed E-state index contributed by atoms with van der Waals surface area (Å²) in [7, 11) is 1.50. The molecule has 0 bridgehead atoms. The van der Waals surface area contributed by atoms with Gasteiger partial charge < -0.3 is 4.74 Å². The van der Waals surface area contributed by atoms with E-state index in [2.05, 4.69) is 4.98 Å². The Morgan fingerprint density at radius 3 is 3.00 bits per heavy atom. The first-order valence-electron chi connectivity index (χ1n) is 3.60. The Balaban J connectivity index is 3.14. The number of hydrogen-bond acceptors (Lipinski definition) is 3. The SMILES string of the molecule is COc1nccc(Cl)c1/C=C/C=O. The van der Waals surface area contributed by atoms with Crippen LogP contribution >= 0.6 is 11.6 Å². The lowest BCUT2D eigenvalue weighted by Gasteiger charge is -2.03. The van der Waals surface area contributed by atoms with E-state index in [0.717, 1.165) is 0 Å². The topological polar surface area (TPSA) is 39.2 Å². The monoisotopic (exact) mass is 197 g/mol. The van der Waals surface area contributed by atoms with E-state index in [-0.39, 0.29) is 0 Å². The van der Waals surface area contributed by atoms with E-state index in [1.807, 2.05) is 0 Å². The van der Waals surface area contributed by atoms with Crippen molar-refractivity contribution in [1.82, 2.24) is 4.98 Å². The normalized spacial score (nSPS) is 10.3. The van der Waals surface area contributed by atoms with Gasteiger partial charge in [-0.25, -0.2) is 4.98 Å². The summed E-state index contributed by atoms with van der Waals surface area (Å²) in [5, 5.41) is 0.505. The highest BCUT2D eigenvalue weighted by Crippen LogP contribution is 2.24. The smallest absolute Gasteiger partial charge is 0.221 e. The summed E-state index contributed by atoms with van der Waals surface area (Å²) in [6.07, 6.45) is 5.11. The second-order valence-corrected chi connectivity index (χ2v) is 2.62. The molecule has 68 valence electrons. The Labute approximate surface area is 81.0 Å². The fourth-order valence-electron chi connectivity index (χ4n) is 0.881. The lowest BCUT2D eigenvalue weighted by atomic mass is 10.2. The van der Waals surface area contributed by atoms with Crippen molar-refractivity contribution in [2.75, 3.05) is 7.11 Å². The maximum absolute atomic E-state index is 10.1. The fraction of sp³-hybridized carbons (Fsp3) is 0.111. The molecule has 0 saturated heterocycles. The molecule has 0 spiro atoms. The first kappa shape index (κ1) is 9.74. The number of allylic oxidation sites excluding steroid dienone is 1. The maximum atomic E-state index is 10.1. The third-order valence-corrected chi connectivity index (χ3v) is 1.76. The lowest BCUT2D eigenvalue weighted by Crippen LogP contribution is -1.91. The third kappa shape index (κ3) is 2.29. The summed E-state index contributed by atoms with van der Waals surface area (Å²) >= 11 is 5.86. The minimum absolute atomic E-state index is 0.408. The number of methoxy groups -OCH3 is 1. The molecule has 13 heavy (non-hydrogen) atoms. The van der Waals surface area contributed by atoms with Crippen molar-refractivity contribution in [1.29, 1.82) is 0 Å². The van der Waals surface area contributed by atoms with Crippen molar-refractivity contribution < 1.29 is 9.53 Å². The minimum atomic E-state index is 0.408. The zero-order valence-electron chi connectivity index (χ0n) is 7.03. The standard InChI is InChI=1S/C9H8ClNO2/c1-13-9-7(3-2-6-12)8(10)4-5-11-9/h2-6H,1H3/b3-2+. The molecular weight excluding hydrogens is 190 g/mol. The molecule has 0 unspecified atom stereocenters. The van der Waals surface area contributed by atoms with Gasteiger partial charge in [-0.3, -0.25) is 4.79 Å². The average Bonchev–Trinajstić information content (AvgIpc) is 2.15. The van der Waals surface area contributed by atoms with Gasteiger partial charge in [0, 0.05) is 6.20 Å². The molecule has 0 aliphatic carbocycles. The highest BCUT2D eigenvalue weighted by molar-refractivity contribution is 6.32. The number of ether oxygens (including phenoxy) is 1. The van der Waals surface area contributed by atoms with Crippen LogP contribution in [0.25, 0.3) is 6.08 Å². The molecular formula is C9H8ClNO2. The number of pyridine rings is 1. The van der Waals surface area contributed by atoms with Crippen molar-refractivity contribution in [3.63, 3.8) is 0 Å². The number of carbonyl (C=O) groups is 1. The van der Waals surface area contributed by atoms with Crippen LogP contribution in [-0.4, -0.2) is 18.4 Å². The summed E-state index contributed by atoms with van der Waals surface area (Å²) in [6.45, 7) is 0. The first-order chi connectivity index (χ1) is 6.29. The van der Waals surface area contributed by atoms with Gasteiger partial charge in [-0.2, -0.15) is 0 Å². The van der Waals surface area contributed by atoms with Crippen LogP contribution in [-0.2, 0) is 4.79 Å². The molecule has 0 radical (unpaired) electrons. The Morgan fingerprint density at radius 1 is 1.62 bits per heavy atom. The third-order valence-electron chi connectivity index (χ3n) is 1.44. The Morgan fingerprint density at radius 2 is 2.38 bits per heavy atom. The van der Waals surface area contributed by atoms with Gasteiger partial charge in [0.15, 0.2) is 0 Å². The van der Waals surface area contributed by atoms with Crippen LogP contribution < -0.4 is 4.74 Å². The second kappa shape index (κ2) is 4.62. The van der Waals surface area contributed by atoms with Crippen molar-refractivity contribution in [3.05, 3.63) is 28.9 Å². The number of rotatable bonds is 3. The fourth-order valence-corrected chi connectivity index (χ4v) is 1.08. The Hall–Kier alpha value is -1.35. The van der Waals surface area contributed by atoms with Crippen LogP contribution in [0.15, 0.2) is 18.3 Å². The van der Waals surface area contributed by atoms with Crippen molar-refractivity contribution in [2.45, 2.75) is 0 Å². The number of aldehydes is 1. The highest BCUT2D eigenvalue weighted by Gasteiger charge is 2.04. The van der Waals surface area contributed by atoms with Gasteiger partial charge in [0.1, 0.15) is 6.29 Å². The molecule has 0 saturated carbocycles. The van der Waals surface area contributed by atoms with Crippen LogP contribution in [0.1, 0.15) is 5.56 Å². The quantitative estimate of drug-likeness (QED) is 0.549. The first-order valence-corrected chi connectivity index (χ1v) is 3.97. The van der Waals surface area contributed by atoms with E-state index >= 15 is 0 Å². The van der Waals surface area contributed by atoms with Gasteiger partial charge in [-0.05, 0) is 18.2 Å². The molecule has 1 heterocycles. The van der Waals surface area contributed by atoms with Crippen LogP contribution in [0.2, 0.25) is 5.02 Å². The molecule has 1 rings (SSSR count). The van der Waals surface area contributed by atoms with E-state index in [1.54, 1.807) is 18.3 Å². The average molecular weight is 198 g/mol. The second-order valence-electron chi connectivity index (χ2n) is 2.21. The molecule has 0 N–H and O–H groups in total. The minimum Gasteiger partial charge on any atom is -0.481 e. The summed E-state index contributed by atoms with van der Waals surface area (Å²) in [5.74, 6) is 0.408. The molecule has 3 nitrogen and oxygen atoms in total. The number of hydrogen-bond donors (Lipinski definition) is 0. The molecule has 4 heteroatoms. The van der Waals surface area contributed by atoms with Gasteiger partial charge in [-0.1, -0.05) is 11.6 Å². The number of nitrogens with zero attached hydrogens (tertiary/aromatic N) is 1. The predicted molar refractivity (Wildman–Crippen MR) is 50.9 cm³/mol. The van der Waals surface area contributed by atoms with Gasteiger partial charge >= 0.3 is 0 Å². The molecule has 0 amide bonds. The molecule has 0 aliphatic rings. The van der Waals surface area contributed by atoms with E-state index in [1.165, 1.54) is 13.2 Å². The number of aromatic nitrogens is 1. The summed E-state index contributed by atoms with van der Waals surface area (Å²) in [4.78, 5) is 14.0. The predicted octanol–water partition coefficient (Wildman–Crippen LogP) is 1.96. The zero-order chi connectivity index (χ0) is 9.68. The van der Waals surface area contributed by atoms with E-state index in [9.17, 15) is 4.79 Å². The molecule has 0 fully saturated rings.